The second kappa shape index (κ2) is 10.8. The number of carbonyl (C=O) groups excluding carboxylic acids is 1. The van der Waals surface area contributed by atoms with Gasteiger partial charge in [0, 0.05) is 18.2 Å². The zero-order valence-corrected chi connectivity index (χ0v) is 21.8. The molecule has 36 heavy (non-hydrogen) atoms. The molecule has 3 aromatic carbocycles. The third-order valence-corrected chi connectivity index (χ3v) is 7.56. The molecule has 1 aliphatic heterocycles. The van der Waals surface area contributed by atoms with Crippen molar-refractivity contribution >= 4 is 57.8 Å². The summed E-state index contributed by atoms with van der Waals surface area (Å²) in [6, 6.07) is 27.1. The summed E-state index contributed by atoms with van der Waals surface area (Å²) in [5.41, 5.74) is 3.82. The predicted molar refractivity (Wildman–Crippen MR) is 150 cm³/mol. The van der Waals surface area contributed by atoms with Crippen LogP contribution in [0.1, 0.15) is 16.9 Å². The van der Waals surface area contributed by atoms with E-state index in [-0.39, 0.29) is 5.91 Å². The lowest BCUT2D eigenvalue weighted by Crippen LogP contribution is -2.31. The highest BCUT2D eigenvalue weighted by atomic mass is 35.5. The first-order valence-electron chi connectivity index (χ1n) is 11.4. The van der Waals surface area contributed by atoms with Crippen molar-refractivity contribution in [3.05, 3.63) is 117 Å². The zero-order chi connectivity index (χ0) is 25.1. The van der Waals surface area contributed by atoms with E-state index in [4.69, 9.17) is 32.6 Å². The maximum atomic E-state index is 13.4. The molecule has 0 atom stereocenters. The lowest BCUT2D eigenvalue weighted by molar-refractivity contribution is -0.122. The van der Waals surface area contributed by atoms with Crippen LogP contribution in [0.5, 0.6) is 0 Å². The molecule has 0 spiro atoms. The monoisotopic (exact) mass is 532 g/mol. The van der Waals surface area contributed by atoms with Crippen molar-refractivity contribution < 1.29 is 9.21 Å². The average molecular weight is 533 g/mol. The molecule has 1 aromatic heterocycles. The summed E-state index contributed by atoms with van der Waals surface area (Å²) in [6.45, 7) is 2.56. The molecule has 2 heterocycles. The Morgan fingerprint density at radius 1 is 0.944 bits per heavy atom. The number of hydrogen-bond donors (Lipinski definition) is 0. The van der Waals surface area contributed by atoms with Gasteiger partial charge in [-0.3, -0.25) is 9.69 Å². The minimum absolute atomic E-state index is 0.0967. The van der Waals surface area contributed by atoms with Crippen LogP contribution in [0.4, 0.5) is 5.69 Å². The van der Waals surface area contributed by atoms with Crippen molar-refractivity contribution in [2.45, 2.75) is 13.3 Å². The van der Waals surface area contributed by atoms with Crippen LogP contribution in [0.3, 0.4) is 0 Å². The molecule has 1 saturated heterocycles. The van der Waals surface area contributed by atoms with Crippen molar-refractivity contribution in [3.8, 4) is 11.3 Å². The van der Waals surface area contributed by atoms with Gasteiger partial charge in [0.25, 0.3) is 5.91 Å². The van der Waals surface area contributed by atoms with E-state index in [2.05, 4.69) is 12.1 Å². The number of aliphatic imine (C=N–C) groups is 1. The Morgan fingerprint density at radius 2 is 1.72 bits per heavy atom. The van der Waals surface area contributed by atoms with Crippen molar-refractivity contribution in [1.82, 2.24) is 4.90 Å². The van der Waals surface area contributed by atoms with E-state index in [0.717, 1.165) is 23.2 Å². The quantitative estimate of drug-likeness (QED) is 0.234. The normalized spacial score (nSPS) is 15.9. The fourth-order valence-electron chi connectivity index (χ4n) is 3.80. The van der Waals surface area contributed by atoms with Crippen LogP contribution in [0, 0.1) is 6.92 Å². The van der Waals surface area contributed by atoms with Crippen LogP contribution in [-0.2, 0) is 11.2 Å². The fourth-order valence-corrected chi connectivity index (χ4v) is 5.20. The van der Waals surface area contributed by atoms with Crippen LogP contribution in [-0.4, -0.2) is 22.5 Å². The summed E-state index contributed by atoms with van der Waals surface area (Å²) >= 11 is 13.9. The standard InChI is InChI=1S/C29H22Cl2N2O2S/c1-19-10-12-21(13-11-19)32-29-33(17-16-20-6-3-2-4-7-20)28(34)26(36-29)18-22-14-15-25(35-22)23-8-5-9-24(30)27(23)31/h2-15,18H,16-17H2,1H3/b26-18+,32-29?. The van der Waals surface area contributed by atoms with Crippen molar-refractivity contribution in [3.63, 3.8) is 0 Å². The van der Waals surface area contributed by atoms with Gasteiger partial charge in [0.2, 0.25) is 0 Å². The third-order valence-electron chi connectivity index (χ3n) is 5.73. The van der Waals surface area contributed by atoms with Crippen molar-refractivity contribution in [2.75, 3.05) is 6.54 Å². The molecular weight excluding hydrogens is 511 g/mol. The number of amidine groups is 1. The van der Waals surface area contributed by atoms with E-state index in [0.29, 0.717) is 43.7 Å². The molecule has 0 unspecified atom stereocenters. The first kappa shape index (κ1) is 24.4. The highest BCUT2D eigenvalue weighted by molar-refractivity contribution is 8.18. The summed E-state index contributed by atoms with van der Waals surface area (Å²) in [5.74, 6) is 1.04. The van der Waals surface area contributed by atoms with Gasteiger partial charge in [-0.25, -0.2) is 4.99 Å². The number of thioether (sulfide) groups is 1. The molecule has 0 saturated carbocycles. The van der Waals surface area contributed by atoms with Crippen LogP contribution in [0.15, 0.2) is 99.2 Å². The van der Waals surface area contributed by atoms with Gasteiger partial charge in [-0.15, -0.1) is 0 Å². The summed E-state index contributed by atoms with van der Waals surface area (Å²) < 4.78 is 6.00. The Balaban J connectivity index is 1.44. The maximum Gasteiger partial charge on any atom is 0.266 e. The number of hydrogen-bond acceptors (Lipinski definition) is 4. The number of amides is 1. The Labute approximate surface area is 224 Å². The molecule has 0 aliphatic carbocycles. The molecule has 4 nitrogen and oxygen atoms in total. The summed E-state index contributed by atoms with van der Waals surface area (Å²) in [5, 5.41) is 1.53. The molecule has 1 aliphatic rings. The number of aryl methyl sites for hydroxylation is 1. The lowest BCUT2D eigenvalue weighted by atomic mass is 10.1. The van der Waals surface area contributed by atoms with Gasteiger partial charge in [-0.05, 0) is 67.1 Å². The number of benzene rings is 3. The average Bonchev–Trinajstić information content (AvgIpc) is 3.46. The molecule has 180 valence electrons. The first-order valence-corrected chi connectivity index (χ1v) is 13.0. The van der Waals surface area contributed by atoms with Crippen LogP contribution in [0.25, 0.3) is 17.4 Å². The van der Waals surface area contributed by atoms with E-state index in [1.165, 1.54) is 11.8 Å². The van der Waals surface area contributed by atoms with Gasteiger partial charge in [0.1, 0.15) is 11.5 Å². The summed E-state index contributed by atoms with van der Waals surface area (Å²) in [7, 11) is 0. The Morgan fingerprint density at radius 3 is 2.50 bits per heavy atom. The summed E-state index contributed by atoms with van der Waals surface area (Å²) in [6.07, 6.45) is 2.48. The van der Waals surface area contributed by atoms with E-state index in [9.17, 15) is 4.79 Å². The lowest BCUT2D eigenvalue weighted by Gasteiger charge is -2.15. The minimum atomic E-state index is -0.0967. The predicted octanol–water partition coefficient (Wildman–Crippen LogP) is 8.41. The maximum absolute atomic E-state index is 13.4. The van der Waals surface area contributed by atoms with Crippen LogP contribution >= 0.6 is 35.0 Å². The first-order chi connectivity index (χ1) is 17.5. The molecule has 5 rings (SSSR count). The van der Waals surface area contributed by atoms with Gasteiger partial charge in [0.05, 0.1) is 20.6 Å². The molecule has 1 amide bonds. The zero-order valence-electron chi connectivity index (χ0n) is 19.4. The third kappa shape index (κ3) is 5.44. The van der Waals surface area contributed by atoms with Gasteiger partial charge in [-0.1, -0.05) is 77.3 Å². The van der Waals surface area contributed by atoms with Crippen LogP contribution in [0.2, 0.25) is 10.0 Å². The molecule has 0 N–H and O–H groups in total. The van der Waals surface area contributed by atoms with E-state index >= 15 is 0 Å². The van der Waals surface area contributed by atoms with Crippen molar-refractivity contribution in [1.29, 1.82) is 0 Å². The second-order valence-electron chi connectivity index (χ2n) is 8.34. The topological polar surface area (TPSA) is 45.8 Å². The van der Waals surface area contributed by atoms with Gasteiger partial charge in [-0.2, -0.15) is 0 Å². The number of nitrogens with zero attached hydrogens (tertiary/aromatic N) is 2. The minimum Gasteiger partial charge on any atom is -0.457 e. The molecular formula is C29H22Cl2N2O2S. The Kier molecular flexibility index (Phi) is 7.33. The molecule has 4 aromatic rings. The van der Waals surface area contributed by atoms with Crippen LogP contribution < -0.4 is 0 Å². The molecule has 7 heteroatoms. The second-order valence-corrected chi connectivity index (χ2v) is 10.1. The highest BCUT2D eigenvalue weighted by Crippen LogP contribution is 2.37. The largest absolute Gasteiger partial charge is 0.457 e. The Hall–Kier alpha value is -3.25. The molecule has 0 radical (unpaired) electrons. The van der Waals surface area contributed by atoms with E-state index in [1.807, 2.05) is 73.7 Å². The van der Waals surface area contributed by atoms with Gasteiger partial charge in [0.15, 0.2) is 5.17 Å². The number of furan rings is 1. The van der Waals surface area contributed by atoms with Gasteiger partial charge >= 0.3 is 0 Å². The fraction of sp³-hybridized carbons (Fsp3) is 0.103. The molecule has 0 bridgehead atoms. The van der Waals surface area contributed by atoms with Crippen molar-refractivity contribution in [2.24, 2.45) is 4.99 Å². The van der Waals surface area contributed by atoms with E-state index < -0.39 is 0 Å². The molecule has 1 fully saturated rings. The number of halogens is 2. The highest BCUT2D eigenvalue weighted by Gasteiger charge is 2.33. The SMILES string of the molecule is Cc1ccc(N=C2S/C(=C/c3ccc(-c4cccc(Cl)c4Cl)o3)C(=O)N2CCc2ccccc2)cc1. The Bertz CT molecular complexity index is 1460. The number of carbonyl (C=O) groups is 1. The van der Waals surface area contributed by atoms with E-state index in [1.54, 1.807) is 17.0 Å². The smallest absolute Gasteiger partial charge is 0.266 e. The number of rotatable bonds is 6. The van der Waals surface area contributed by atoms with Gasteiger partial charge < -0.3 is 4.42 Å². The summed E-state index contributed by atoms with van der Waals surface area (Å²) in [4.78, 5) is 20.5.